The highest BCUT2D eigenvalue weighted by Gasteiger charge is 2.52. The molecule has 2 aliphatic heterocycles. The molecule has 1 aromatic heterocycles. The molecule has 3 atom stereocenters. The van der Waals surface area contributed by atoms with E-state index in [9.17, 15) is 4.79 Å². The summed E-state index contributed by atoms with van der Waals surface area (Å²) < 4.78 is 5.56. The molecule has 0 radical (unpaired) electrons. The number of para-hydroxylation sites is 2. The topological polar surface area (TPSA) is 73.5 Å². The lowest BCUT2D eigenvalue weighted by Crippen LogP contribution is -2.61. The van der Waals surface area contributed by atoms with Gasteiger partial charge in [-0.05, 0) is 56.8 Å². The number of aromatic amines is 1. The Bertz CT molecular complexity index is 891. The van der Waals surface area contributed by atoms with E-state index in [1.807, 2.05) is 24.3 Å². The molecule has 7 nitrogen and oxygen atoms in total. The Morgan fingerprint density at radius 2 is 2.09 bits per heavy atom. The maximum absolute atomic E-state index is 13.7. The zero-order chi connectivity index (χ0) is 22.0. The molecule has 0 unspecified atom stereocenters. The third-order valence-electron chi connectivity index (χ3n) is 8.11. The van der Waals surface area contributed by atoms with Crippen LogP contribution in [0.2, 0.25) is 0 Å². The molecule has 2 saturated heterocycles. The molecule has 1 saturated carbocycles. The van der Waals surface area contributed by atoms with Crippen molar-refractivity contribution in [2.75, 3.05) is 52.5 Å². The van der Waals surface area contributed by atoms with Crippen LogP contribution in [0.25, 0.3) is 11.0 Å². The summed E-state index contributed by atoms with van der Waals surface area (Å²) in [6, 6.07) is 8.69. The quantitative estimate of drug-likeness (QED) is 0.723. The van der Waals surface area contributed by atoms with E-state index >= 15 is 0 Å². The third-order valence-corrected chi connectivity index (χ3v) is 8.11. The Morgan fingerprint density at radius 3 is 2.91 bits per heavy atom. The second kappa shape index (κ2) is 9.49. The molecular formula is C25H37N5O2. The zero-order valence-electron chi connectivity index (χ0n) is 19.3. The molecule has 0 bridgehead atoms. The number of amides is 1. The number of hydrogen-bond donors (Lipinski definition) is 2. The van der Waals surface area contributed by atoms with Crippen molar-refractivity contribution in [2.24, 2.45) is 11.3 Å². The zero-order valence-corrected chi connectivity index (χ0v) is 19.3. The first-order chi connectivity index (χ1) is 15.7. The van der Waals surface area contributed by atoms with Crippen molar-refractivity contribution >= 4 is 16.9 Å². The van der Waals surface area contributed by atoms with Crippen LogP contribution in [0.4, 0.5) is 0 Å². The molecule has 2 N–H and O–H groups in total. The van der Waals surface area contributed by atoms with E-state index < -0.39 is 0 Å². The summed E-state index contributed by atoms with van der Waals surface area (Å²) in [5.41, 5.74) is 1.80. The summed E-state index contributed by atoms with van der Waals surface area (Å²) in [4.78, 5) is 26.8. The van der Waals surface area contributed by atoms with Crippen molar-refractivity contribution in [2.45, 2.75) is 45.1 Å². The second-order valence-corrected chi connectivity index (χ2v) is 9.79. The molecule has 3 heterocycles. The first kappa shape index (κ1) is 21.9. The first-order valence-corrected chi connectivity index (χ1v) is 12.4. The van der Waals surface area contributed by atoms with Crippen LogP contribution in [-0.2, 0) is 16.0 Å². The molecule has 174 valence electrons. The number of piperidine rings is 1. The molecule has 1 aliphatic carbocycles. The van der Waals surface area contributed by atoms with Crippen LogP contribution in [0.1, 0.15) is 38.4 Å². The normalized spacial score (nSPS) is 29.7. The number of likely N-dealkylation sites (tertiary alicyclic amines) is 1. The van der Waals surface area contributed by atoms with Crippen LogP contribution in [0.3, 0.4) is 0 Å². The Hall–Kier alpha value is -1.96. The van der Waals surface area contributed by atoms with Gasteiger partial charge in [-0.1, -0.05) is 19.1 Å². The second-order valence-electron chi connectivity index (χ2n) is 9.79. The molecule has 32 heavy (non-hydrogen) atoms. The summed E-state index contributed by atoms with van der Waals surface area (Å²) in [5.74, 6) is 1.67. The number of rotatable bonds is 6. The van der Waals surface area contributed by atoms with E-state index in [1.165, 1.54) is 0 Å². The Kier molecular flexibility index (Phi) is 6.49. The van der Waals surface area contributed by atoms with Crippen LogP contribution < -0.4 is 5.32 Å². The maximum atomic E-state index is 13.7. The number of H-pyrrole nitrogens is 1. The van der Waals surface area contributed by atoms with Gasteiger partial charge in [0.25, 0.3) is 0 Å². The average Bonchev–Trinajstić information content (AvgIpc) is 3.26. The number of benzene rings is 1. The van der Waals surface area contributed by atoms with Crippen molar-refractivity contribution in [3.05, 3.63) is 30.1 Å². The lowest BCUT2D eigenvalue weighted by Gasteiger charge is -2.53. The van der Waals surface area contributed by atoms with Gasteiger partial charge >= 0.3 is 0 Å². The summed E-state index contributed by atoms with van der Waals surface area (Å²) in [6.45, 7) is 9.65. The smallest absolute Gasteiger partial charge is 0.227 e. The number of fused-ring (bicyclic) bond motifs is 2. The van der Waals surface area contributed by atoms with Gasteiger partial charge in [0.2, 0.25) is 5.91 Å². The number of imidazole rings is 1. The number of nitrogens with zero attached hydrogens (tertiary/aromatic N) is 3. The van der Waals surface area contributed by atoms with Gasteiger partial charge in [0.1, 0.15) is 5.82 Å². The third kappa shape index (κ3) is 4.30. The SMILES string of the molecule is CCN1CC[C@@H]2C[C@@H](N3CCOCC3)CC[C@@]2(C(=O)NCCc2nc3ccccc3[nH]2)C1. The van der Waals surface area contributed by atoms with Gasteiger partial charge < -0.3 is 19.9 Å². The van der Waals surface area contributed by atoms with Crippen LogP contribution in [0.15, 0.2) is 24.3 Å². The standard InChI is InChI=1S/C25H37N5O2/c1-2-29-12-9-19-17-20(30-13-15-32-16-14-30)7-10-25(19,18-29)24(31)26-11-8-23-27-21-5-3-4-6-22(21)28-23/h3-6,19-20H,2,7-18H2,1H3,(H,26,31)(H,27,28)/t19-,20+,25-/m1/s1. The number of nitrogens with one attached hydrogen (secondary N) is 2. The number of morpholine rings is 1. The van der Waals surface area contributed by atoms with Gasteiger partial charge in [-0.25, -0.2) is 4.98 Å². The molecular weight excluding hydrogens is 402 g/mol. The number of aromatic nitrogens is 2. The van der Waals surface area contributed by atoms with Crippen molar-refractivity contribution < 1.29 is 9.53 Å². The summed E-state index contributed by atoms with van der Waals surface area (Å²) in [7, 11) is 0. The summed E-state index contributed by atoms with van der Waals surface area (Å²) in [5, 5.41) is 3.31. The summed E-state index contributed by atoms with van der Waals surface area (Å²) >= 11 is 0. The molecule has 3 aliphatic rings. The molecule has 1 aromatic carbocycles. The number of hydrogen-bond acceptors (Lipinski definition) is 5. The number of ether oxygens (including phenoxy) is 1. The van der Waals surface area contributed by atoms with Crippen molar-refractivity contribution in [3.8, 4) is 0 Å². The predicted octanol–water partition coefficient (Wildman–Crippen LogP) is 2.43. The largest absolute Gasteiger partial charge is 0.379 e. The highest BCUT2D eigenvalue weighted by Crippen LogP contribution is 2.47. The summed E-state index contributed by atoms with van der Waals surface area (Å²) in [6.07, 6.45) is 5.12. The van der Waals surface area contributed by atoms with Gasteiger partial charge in [-0.15, -0.1) is 0 Å². The Morgan fingerprint density at radius 1 is 1.25 bits per heavy atom. The molecule has 5 rings (SSSR count). The number of carbonyl (C=O) groups excluding carboxylic acids is 1. The molecule has 2 aromatic rings. The minimum atomic E-state index is -0.245. The fourth-order valence-electron chi connectivity index (χ4n) is 6.23. The minimum absolute atomic E-state index is 0.245. The average molecular weight is 440 g/mol. The monoisotopic (exact) mass is 439 g/mol. The fraction of sp³-hybridized carbons (Fsp3) is 0.680. The van der Waals surface area contributed by atoms with E-state index in [0.717, 1.165) is 94.9 Å². The van der Waals surface area contributed by atoms with Crippen LogP contribution in [0, 0.1) is 11.3 Å². The van der Waals surface area contributed by atoms with Crippen molar-refractivity contribution in [1.29, 1.82) is 0 Å². The highest BCUT2D eigenvalue weighted by atomic mass is 16.5. The number of carbonyl (C=O) groups is 1. The maximum Gasteiger partial charge on any atom is 0.227 e. The molecule has 1 amide bonds. The van der Waals surface area contributed by atoms with E-state index in [1.54, 1.807) is 0 Å². The fourth-order valence-corrected chi connectivity index (χ4v) is 6.23. The first-order valence-electron chi connectivity index (χ1n) is 12.4. The molecule has 0 spiro atoms. The van der Waals surface area contributed by atoms with Crippen LogP contribution >= 0.6 is 0 Å². The highest BCUT2D eigenvalue weighted by molar-refractivity contribution is 5.83. The predicted molar refractivity (Wildman–Crippen MR) is 125 cm³/mol. The lowest BCUT2D eigenvalue weighted by atomic mass is 9.61. The van der Waals surface area contributed by atoms with E-state index in [4.69, 9.17) is 4.74 Å². The lowest BCUT2D eigenvalue weighted by molar-refractivity contribution is -0.144. The van der Waals surface area contributed by atoms with Gasteiger partial charge in [0.05, 0.1) is 29.7 Å². The Balaban J connectivity index is 1.24. The van der Waals surface area contributed by atoms with Gasteiger partial charge in [-0.3, -0.25) is 9.69 Å². The molecule has 3 fully saturated rings. The van der Waals surface area contributed by atoms with E-state index in [0.29, 0.717) is 18.5 Å². The minimum Gasteiger partial charge on any atom is -0.379 e. The van der Waals surface area contributed by atoms with Crippen molar-refractivity contribution in [1.82, 2.24) is 25.1 Å². The van der Waals surface area contributed by atoms with Crippen LogP contribution in [-0.4, -0.2) is 84.2 Å². The van der Waals surface area contributed by atoms with E-state index in [2.05, 4.69) is 32.0 Å². The van der Waals surface area contributed by atoms with Gasteiger partial charge in [-0.2, -0.15) is 0 Å². The van der Waals surface area contributed by atoms with Gasteiger partial charge in [0, 0.05) is 38.6 Å². The van der Waals surface area contributed by atoms with Gasteiger partial charge in [0.15, 0.2) is 0 Å². The molecule has 7 heteroatoms. The van der Waals surface area contributed by atoms with E-state index in [-0.39, 0.29) is 11.3 Å². The van der Waals surface area contributed by atoms with Crippen LogP contribution in [0.5, 0.6) is 0 Å². The Labute approximate surface area is 190 Å². The van der Waals surface area contributed by atoms with Crippen molar-refractivity contribution in [3.63, 3.8) is 0 Å².